The van der Waals surface area contributed by atoms with Crippen LogP contribution in [0.5, 0.6) is 5.75 Å². The molecule has 1 aromatic carbocycles. The first kappa shape index (κ1) is 23.5. The summed E-state index contributed by atoms with van der Waals surface area (Å²) in [5.74, 6) is 0.982. The van der Waals surface area contributed by atoms with Crippen LogP contribution < -0.4 is 10.1 Å². The Morgan fingerprint density at radius 3 is 2.48 bits per heavy atom. The van der Waals surface area contributed by atoms with Gasteiger partial charge in [0.2, 0.25) is 0 Å². The van der Waals surface area contributed by atoms with Crippen LogP contribution in [0.1, 0.15) is 53.4 Å². The van der Waals surface area contributed by atoms with E-state index in [0.717, 1.165) is 55.5 Å². The molecule has 7 heteroatoms. The molecular weight excluding hydrogens is 434 g/mol. The maximum Gasteiger partial charge on any atom is 0.291 e. The Hall–Kier alpha value is -2.61. The molecule has 3 heterocycles. The number of nitrogens with zero attached hydrogens (tertiary/aromatic N) is 2. The van der Waals surface area contributed by atoms with Crippen LogP contribution in [0.2, 0.25) is 0 Å². The van der Waals surface area contributed by atoms with Gasteiger partial charge in [-0.25, -0.2) is 0 Å². The summed E-state index contributed by atoms with van der Waals surface area (Å²) in [4.78, 5) is 19.1. The van der Waals surface area contributed by atoms with E-state index in [-0.39, 0.29) is 11.9 Å². The zero-order chi connectivity index (χ0) is 23.2. The maximum atomic E-state index is 12.8. The number of piperazine rings is 1. The minimum atomic E-state index is -0.216. The number of benzene rings is 1. The Morgan fingerprint density at radius 1 is 1.12 bits per heavy atom. The van der Waals surface area contributed by atoms with Gasteiger partial charge in [-0.05, 0) is 55.8 Å². The number of likely N-dealkylation sites (N-methyl/N-ethyl adjacent to an activating group) is 1. The number of nitrogens with one attached hydrogen (secondary N) is 1. The zero-order valence-electron chi connectivity index (χ0n) is 19.7. The third-order valence-corrected chi connectivity index (χ3v) is 7.36. The molecule has 1 aliphatic heterocycles. The fourth-order valence-corrected chi connectivity index (χ4v) is 5.37. The standard InChI is InChI=1S/C26H33N3O3S/c1-4-21-18-22(26(33-21)27-25(30)23-8-7-17-32-23)24(29-15-13-28(5-2)14-16-29)19-9-11-20(12-10-19)31-6-3/h7-12,17-18,24H,4-6,13-16H2,1-3H3,(H,27,30)/t24-/m0/s1. The predicted octanol–water partition coefficient (Wildman–Crippen LogP) is 5.28. The van der Waals surface area contributed by atoms with E-state index in [1.165, 1.54) is 16.7 Å². The van der Waals surface area contributed by atoms with E-state index in [2.05, 4.69) is 47.2 Å². The molecule has 1 aliphatic rings. The topological polar surface area (TPSA) is 58.0 Å². The number of hydrogen-bond acceptors (Lipinski definition) is 6. The van der Waals surface area contributed by atoms with Gasteiger partial charge in [-0.3, -0.25) is 9.69 Å². The van der Waals surface area contributed by atoms with Crippen LogP contribution in [-0.4, -0.2) is 55.0 Å². The van der Waals surface area contributed by atoms with Crippen molar-refractivity contribution in [3.8, 4) is 5.75 Å². The predicted molar refractivity (Wildman–Crippen MR) is 133 cm³/mol. The van der Waals surface area contributed by atoms with Gasteiger partial charge < -0.3 is 19.4 Å². The largest absolute Gasteiger partial charge is 0.494 e. The molecule has 0 spiro atoms. The first-order valence-corrected chi connectivity index (χ1v) is 12.6. The molecule has 1 saturated heterocycles. The third-order valence-electron chi connectivity index (χ3n) is 6.15. The first-order chi connectivity index (χ1) is 16.1. The van der Waals surface area contributed by atoms with E-state index < -0.39 is 0 Å². The Morgan fingerprint density at radius 2 is 1.88 bits per heavy atom. The SMILES string of the molecule is CCOc1ccc([C@@H](c2cc(CC)sc2NC(=O)c2ccco2)N2CCN(CC)CC2)cc1. The van der Waals surface area contributed by atoms with Gasteiger partial charge in [0.15, 0.2) is 5.76 Å². The summed E-state index contributed by atoms with van der Waals surface area (Å²) in [5, 5.41) is 4.03. The van der Waals surface area contributed by atoms with Gasteiger partial charge in [0.25, 0.3) is 5.91 Å². The Balaban J connectivity index is 1.70. The van der Waals surface area contributed by atoms with Crippen molar-refractivity contribution >= 4 is 22.2 Å². The second-order valence-electron chi connectivity index (χ2n) is 8.16. The number of ether oxygens (including phenoxy) is 1. The van der Waals surface area contributed by atoms with Gasteiger partial charge >= 0.3 is 0 Å². The molecule has 1 atom stereocenters. The van der Waals surface area contributed by atoms with E-state index in [0.29, 0.717) is 12.4 Å². The highest BCUT2D eigenvalue weighted by Crippen LogP contribution is 2.40. The molecular formula is C26H33N3O3S. The fraction of sp³-hybridized carbons (Fsp3) is 0.423. The van der Waals surface area contributed by atoms with E-state index >= 15 is 0 Å². The van der Waals surface area contributed by atoms with Crippen LogP contribution in [0, 0.1) is 0 Å². The van der Waals surface area contributed by atoms with E-state index in [4.69, 9.17) is 9.15 Å². The highest BCUT2D eigenvalue weighted by atomic mass is 32.1. The molecule has 6 nitrogen and oxygen atoms in total. The summed E-state index contributed by atoms with van der Waals surface area (Å²) < 4.78 is 11.0. The number of furan rings is 1. The summed E-state index contributed by atoms with van der Waals surface area (Å²) in [5.41, 5.74) is 2.35. The highest BCUT2D eigenvalue weighted by Gasteiger charge is 2.30. The van der Waals surface area contributed by atoms with Crippen LogP contribution in [0.4, 0.5) is 5.00 Å². The number of carbonyl (C=O) groups is 1. The normalized spacial score (nSPS) is 16.0. The summed E-state index contributed by atoms with van der Waals surface area (Å²) in [6, 6.07) is 14.1. The lowest BCUT2D eigenvalue weighted by molar-refractivity contribution is 0.0995. The number of aryl methyl sites for hydroxylation is 1. The Labute approximate surface area is 200 Å². The smallest absolute Gasteiger partial charge is 0.291 e. The number of hydrogen-bond donors (Lipinski definition) is 1. The Kier molecular flexibility index (Phi) is 7.85. The second kappa shape index (κ2) is 11.0. The third kappa shape index (κ3) is 5.49. The van der Waals surface area contributed by atoms with Crippen molar-refractivity contribution < 1.29 is 13.9 Å². The highest BCUT2D eigenvalue weighted by molar-refractivity contribution is 7.16. The number of amides is 1. The van der Waals surface area contributed by atoms with Crippen LogP contribution in [0.15, 0.2) is 53.1 Å². The lowest BCUT2D eigenvalue weighted by Crippen LogP contribution is -2.47. The molecule has 33 heavy (non-hydrogen) atoms. The van der Waals surface area contributed by atoms with Crippen molar-refractivity contribution in [2.45, 2.75) is 33.2 Å². The fourth-order valence-electron chi connectivity index (χ4n) is 4.34. The van der Waals surface area contributed by atoms with E-state index in [9.17, 15) is 4.79 Å². The number of anilines is 1. The van der Waals surface area contributed by atoms with Crippen LogP contribution in [-0.2, 0) is 6.42 Å². The molecule has 1 N–H and O–H groups in total. The lowest BCUT2D eigenvalue weighted by Gasteiger charge is -2.39. The van der Waals surface area contributed by atoms with Crippen molar-refractivity contribution in [3.63, 3.8) is 0 Å². The van der Waals surface area contributed by atoms with Crippen molar-refractivity contribution in [1.82, 2.24) is 9.80 Å². The van der Waals surface area contributed by atoms with Crippen molar-refractivity contribution in [3.05, 3.63) is 70.5 Å². The van der Waals surface area contributed by atoms with Crippen LogP contribution in [0.25, 0.3) is 0 Å². The number of carbonyl (C=O) groups excluding carboxylic acids is 1. The van der Waals surface area contributed by atoms with E-state index in [1.54, 1.807) is 23.5 Å². The van der Waals surface area contributed by atoms with Crippen LogP contribution >= 0.6 is 11.3 Å². The Bertz CT molecular complexity index is 1020. The van der Waals surface area contributed by atoms with Crippen molar-refractivity contribution in [2.24, 2.45) is 0 Å². The molecule has 4 rings (SSSR count). The molecule has 0 aliphatic carbocycles. The van der Waals surface area contributed by atoms with E-state index in [1.807, 2.05) is 19.1 Å². The number of thiophene rings is 1. The zero-order valence-corrected chi connectivity index (χ0v) is 20.5. The van der Waals surface area contributed by atoms with Gasteiger partial charge in [0.05, 0.1) is 18.9 Å². The summed E-state index contributed by atoms with van der Waals surface area (Å²) in [6.07, 6.45) is 2.45. The molecule has 176 valence electrons. The molecule has 2 aromatic heterocycles. The summed E-state index contributed by atoms with van der Waals surface area (Å²) in [6.45, 7) is 12.1. The minimum absolute atomic E-state index is 0.0585. The molecule has 1 amide bonds. The molecule has 1 fully saturated rings. The van der Waals surface area contributed by atoms with Gasteiger partial charge in [0, 0.05) is 36.6 Å². The monoisotopic (exact) mass is 467 g/mol. The van der Waals surface area contributed by atoms with Gasteiger partial charge in [-0.2, -0.15) is 0 Å². The lowest BCUT2D eigenvalue weighted by atomic mass is 9.97. The quantitative estimate of drug-likeness (QED) is 0.464. The number of rotatable bonds is 9. The second-order valence-corrected chi connectivity index (χ2v) is 9.29. The van der Waals surface area contributed by atoms with Gasteiger partial charge in [-0.15, -0.1) is 11.3 Å². The molecule has 0 unspecified atom stereocenters. The summed E-state index contributed by atoms with van der Waals surface area (Å²) in [7, 11) is 0. The molecule has 0 radical (unpaired) electrons. The van der Waals surface area contributed by atoms with Gasteiger partial charge in [-0.1, -0.05) is 26.0 Å². The maximum absolute atomic E-state index is 12.8. The molecule has 0 saturated carbocycles. The minimum Gasteiger partial charge on any atom is -0.494 e. The molecule has 0 bridgehead atoms. The average Bonchev–Trinajstić information content (AvgIpc) is 3.52. The van der Waals surface area contributed by atoms with Gasteiger partial charge in [0.1, 0.15) is 10.8 Å². The molecule has 3 aromatic rings. The van der Waals surface area contributed by atoms with Crippen LogP contribution in [0.3, 0.4) is 0 Å². The van der Waals surface area contributed by atoms with Crippen molar-refractivity contribution in [1.29, 1.82) is 0 Å². The summed E-state index contributed by atoms with van der Waals surface area (Å²) >= 11 is 1.65. The van der Waals surface area contributed by atoms with Crippen molar-refractivity contribution in [2.75, 3.05) is 44.6 Å². The first-order valence-electron chi connectivity index (χ1n) is 11.8. The average molecular weight is 468 g/mol.